The van der Waals surface area contributed by atoms with Crippen LogP contribution in [0.4, 0.5) is 0 Å². The van der Waals surface area contributed by atoms with Gasteiger partial charge in [0.05, 0.1) is 11.1 Å². The minimum absolute atomic E-state index is 0.266. The maximum absolute atomic E-state index is 6.24. The molecule has 2 N–H and O–H groups in total. The molecule has 2 nitrogen and oxygen atoms in total. The van der Waals surface area contributed by atoms with Crippen LogP contribution in [0.15, 0.2) is 33.2 Å². The van der Waals surface area contributed by atoms with Crippen LogP contribution in [0.25, 0.3) is 0 Å². The van der Waals surface area contributed by atoms with E-state index in [2.05, 4.69) is 15.9 Å². The van der Waals surface area contributed by atoms with Gasteiger partial charge in [-0.3, -0.25) is 0 Å². The molecule has 0 saturated heterocycles. The second-order valence-corrected chi connectivity index (χ2v) is 5.22. The molecule has 90 valence electrons. The number of furan rings is 1. The van der Waals surface area contributed by atoms with E-state index in [1.807, 2.05) is 38.1 Å². The average Bonchev–Trinajstić information content (AvgIpc) is 2.61. The van der Waals surface area contributed by atoms with Gasteiger partial charge in [0, 0.05) is 10.0 Å². The number of hydrogen-bond donors (Lipinski definition) is 1. The Morgan fingerprint density at radius 3 is 2.59 bits per heavy atom. The molecule has 0 spiro atoms. The molecule has 0 aliphatic rings. The monoisotopic (exact) mass is 313 g/mol. The summed E-state index contributed by atoms with van der Waals surface area (Å²) in [4.78, 5) is 0. The van der Waals surface area contributed by atoms with Gasteiger partial charge in [-0.25, -0.2) is 0 Å². The maximum atomic E-state index is 6.24. The van der Waals surface area contributed by atoms with Crippen LogP contribution in [-0.2, 0) is 0 Å². The van der Waals surface area contributed by atoms with Crippen molar-refractivity contribution in [2.75, 3.05) is 0 Å². The van der Waals surface area contributed by atoms with E-state index in [9.17, 15) is 0 Å². The first kappa shape index (κ1) is 12.7. The summed E-state index contributed by atoms with van der Waals surface area (Å²) in [6.07, 6.45) is 0. The highest BCUT2D eigenvalue weighted by Gasteiger charge is 2.18. The Bertz CT molecular complexity index is 550. The van der Waals surface area contributed by atoms with Crippen molar-refractivity contribution in [3.05, 3.63) is 56.4 Å². The van der Waals surface area contributed by atoms with Crippen molar-refractivity contribution in [2.45, 2.75) is 19.9 Å². The first-order valence-electron chi connectivity index (χ1n) is 5.27. The number of benzene rings is 1. The van der Waals surface area contributed by atoms with Crippen LogP contribution in [0.1, 0.15) is 28.7 Å². The Balaban J connectivity index is 2.47. The third-order valence-corrected chi connectivity index (χ3v) is 4.04. The van der Waals surface area contributed by atoms with Gasteiger partial charge in [0.1, 0.15) is 11.5 Å². The summed E-state index contributed by atoms with van der Waals surface area (Å²) in [7, 11) is 0. The summed E-state index contributed by atoms with van der Waals surface area (Å²) in [6, 6.07) is 7.44. The van der Waals surface area contributed by atoms with Crippen LogP contribution in [0.2, 0.25) is 5.02 Å². The second-order valence-electron chi connectivity index (χ2n) is 3.99. The molecule has 17 heavy (non-hydrogen) atoms. The van der Waals surface area contributed by atoms with Crippen LogP contribution in [0.3, 0.4) is 0 Å². The van der Waals surface area contributed by atoms with Gasteiger partial charge < -0.3 is 10.2 Å². The number of nitrogens with two attached hydrogens (primary N) is 1. The van der Waals surface area contributed by atoms with Crippen molar-refractivity contribution < 1.29 is 4.42 Å². The lowest BCUT2D eigenvalue weighted by molar-refractivity contribution is 0.499. The van der Waals surface area contributed by atoms with E-state index in [4.69, 9.17) is 21.8 Å². The van der Waals surface area contributed by atoms with E-state index in [0.717, 1.165) is 27.1 Å². The number of hydrogen-bond acceptors (Lipinski definition) is 2. The molecule has 2 aromatic rings. The van der Waals surface area contributed by atoms with Gasteiger partial charge in [-0.15, -0.1) is 0 Å². The summed E-state index contributed by atoms with van der Waals surface area (Å²) in [5.41, 5.74) is 8.10. The highest BCUT2D eigenvalue weighted by molar-refractivity contribution is 9.10. The van der Waals surface area contributed by atoms with E-state index in [0.29, 0.717) is 5.02 Å². The third-order valence-electron chi connectivity index (χ3n) is 2.73. The van der Waals surface area contributed by atoms with Crippen LogP contribution in [0, 0.1) is 13.8 Å². The summed E-state index contributed by atoms with van der Waals surface area (Å²) < 4.78 is 6.34. The van der Waals surface area contributed by atoms with Gasteiger partial charge in [0.25, 0.3) is 0 Å². The third kappa shape index (κ3) is 2.41. The first-order valence-corrected chi connectivity index (χ1v) is 6.44. The fourth-order valence-electron chi connectivity index (χ4n) is 1.89. The average molecular weight is 315 g/mol. The lowest BCUT2D eigenvalue weighted by atomic mass is 10.00. The quantitative estimate of drug-likeness (QED) is 0.894. The van der Waals surface area contributed by atoms with Crippen molar-refractivity contribution in [2.24, 2.45) is 5.73 Å². The molecule has 1 aromatic heterocycles. The molecule has 2 rings (SSSR count). The van der Waals surface area contributed by atoms with Crippen LogP contribution >= 0.6 is 27.5 Å². The molecule has 1 unspecified atom stereocenters. The van der Waals surface area contributed by atoms with E-state index >= 15 is 0 Å². The zero-order valence-electron chi connectivity index (χ0n) is 9.63. The molecule has 1 heterocycles. The molecular weight excluding hydrogens is 302 g/mol. The summed E-state index contributed by atoms with van der Waals surface area (Å²) >= 11 is 9.64. The number of aryl methyl sites for hydroxylation is 2. The second kappa shape index (κ2) is 4.84. The van der Waals surface area contributed by atoms with E-state index in [1.54, 1.807) is 0 Å². The molecule has 0 amide bonds. The van der Waals surface area contributed by atoms with Gasteiger partial charge in [0.15, 0.2) is 0 Å². The molecular formula is C13H13BrClNO. The molecule has 0 aliphatic heterocycles. The van der Waals surface area contributed by atoms with Gasteiger partial charge in [0.2, 0.25) is 0 Å². The Kier molecular flexibility index (Phi) is 3.61. The minimum Gasteiger partial charge on any atom is -0.466 e. The van der Waals surface area contributed by atoms with Gasteiger partial charge in [-0.2, -0.15) is 0 Å². The molecule has 0 saturated carbocycles. The Morgan fingerprint density at radius 1 is 1.29 bits per heavy atom. The maximum Gasteiger partial charge on any atom is 0.106 e. The van der Waals surface area contributed by atoms with Crippen LogP contribution in [0.5, 0.6) is 0 Å². The van der Waals surface area contributed by atoms with Gasteiger partial charge in [-0.05, 0) is 47.5 Å². The van der Waals surface area contributed by atoms with E-state index in [1.165, 1.54) is 0 Å². The largest absolute Gasteiger partial charge is 0.466 e. The van der Waals surface area contributed by atoms with Crippen molar-refractivity contribution in [1.82, 2.24) is 0 Å². The number of halogens is 2. The molecule has 4 heteroatoms. The lowest BCUT2D eigenvalue weighted by Crippen LogP contribution is -2.12. The summed E-state index contributed by atoms with van der Waals surface area (Å²) in [5.74, 6) is 1.70. The molecule has 0 bridgehead atoms. The number of rotatable bonds is 2. The SMILES string of the molecule is Cc1cc(C(N)c2cccc(Br)c2Cl)c(C)o1. The molecule has 0 radical (unpaired) electrons. The lowest BCUT2D eigenvalue weighted by Gasteiger charge is -2.13. The fourth-order valence-corrected chi connectivity index (χ4v) is 2.51. The highest BCUT2D eigenvalue weighted by atomic mass is 79.9. The normalized spacial score (nSPS) is 12.8. The van der Waals surface area contributed by atoms with Crippen LogP contribution in [-0.4, -0.2) is 0 Å². The summed E-state index contributed by atoms with van der Waals surface area (Å²) in [5, 5.41) is 0.651. The van der Waals surface area contributed by atoms with Crippen molar-refractivity contribution in [3.8, 4) is 0 Å². The summed E-state index contributed by atoms with van der Waals surface area (Å²) in [6.45, 7) is 3.82. The topological polar surface area (TPSA) is 39.2 Å². The minimum atomic E-state index is -0.266. The smallest absolute Gasteiger partial charge is 0.106 e. The first-order chi connectivity index (χ1) is 8.00. The van der Waals surface area contributed by atoms with Crippen molar-refractivity contribution >= 4 is 27.5 Å². The van der Waals surface area contributed by atoms with E-state index < -0.39 is 0 Å². The predicted octanol–water partition coefficient (Wildman–Crippen LogP) is 4.36. The standard InChI is InChI=1S/C13H13BrClNO/c1-7-6-10(8(2)17-7)13(16)9-4-3-5-11(14)12(9)15/h3-6,13H,16H2,1-2H3. The molecule has 1 aromatic carbocycles. The zero-order chi connectivity index (χ0) is 12.6. The van der Waals surface area contributed by atoms with Gasteiger partial charge >= 0.3 is 0 Å². The van der Waals surface area contributed by atoms with E-state index in [-0.39, 0.29) is 6.04 Å². The molecule has 0 aliphatic carbocycles. The highest BCUT2D eigenvalue weighted by Crippen LogP contribution is 2.33. The Hall–Kier alpha value is -0.770. The molecule has 0 fully saturated rings. The predicted molar refractivity (Wildman–Crippen MR) is 73.4 cm³/mol. The van der Waals surface area contributed by atoms with Gasteiger partial charge in [-0.1, -0.05) is 23.7 Å². The molecule has 1 atom stereocenters. The fraction of sp³-hybridized carbons (Fsp3) is 0.231. The Labute approximate surface area is 114 Å². The van der Waals surface area contributed by atoms with Crippen molar-refractivity contribution in [3.63, 3.8) is 0 Å². The Morgan fingerprint density at radius 2 is 2.00 bits per heavy atom. The van der Waals surface area contributed by atoms with Crippen LogP contribution < -0.4 is 5.73 Å². The van der Waals surface area contributed by atoms with Crippen molar-refractivity contribution in [1.29, 1.82) is 0 Å². The zero-order valence-corrected chi connectivity index (χ0v) is 12.0.